The molecule has 1 N–H and O–H groups in total. The number of imidazole rings is 1. The molecular weight excluding hydrogens is 270 g/mol. The number of nitrogens with zero attached hydrogens (tertiary/aromatic N) is 4. The summed E-state index contributed by atoms with van der Waals surface area (Å²) in [6.45, 7) is 0.763. The zero-order chi connectivity index (χ0) is 15.0. The number of rotatable bonds is 3. The Balaban J connectivity index is 1.79. The molecule has 1 aliphatic rings. The second-order valence-electron chi connectivity index (χ2n) is 5.38. The molecule has 1 fully saturated rings. The van der Waals surface area contributed by atoms with E-state index in [1.165, 1.54) is 0 Å². The van der Waals surface area contributed by atoms with Gasteiger partial charge in [-0.15, -0.1) is 0 Å². The van der Waals surface area contributed by atoms with Crippen LogP contribution in [0.1, 0.15) is 6.42 Å². The van der Waals surface area contributed by atoms with Crippen molar-refractivity contribution in [3.8, 4) is 0 Å². The Labute approximate surface area is 122 Å². The van der Waals surface area contributed by atoms with E-state index in [4.69, 9.17) is 4.74 Å². The monoisotopic (exact) mass is 289 g/mol. The summed E-state index contributed by atoms with van der Waals surface area (Å²) in [5.74, 6) is 0.457. The number of anilines is 1. The highest BCUT2D eigenvalue weighted by molar-refractivity contribution is 5.95. The van der Waals surface area contributed by atoms with Crippen molar-refractivity contribution in [2.24, 2.45) is 7.05 Å². The number of ether oxygens (including phenoxy) is 1. The standard InChI is InChI=1S/C14H19N5O2/c1-18-8-9(21-3)7-11(18)13(20)17-14-16-10-5-4-6-15-12(10)19(14)2/h4-6,9,11H,7-8H2,1-3H3,(H,16,17,20)/t9-,11-/m0/s1. The number of hydrogen-bond donors (Lipinski definition) is 1. The van der Waals surface area contributed by atoms with Crippen molar-refractivity contribution < 1.29 is 9.53 Å². The van der Waals surface area contributed by atoms with Crippen LogP contribution >= 0.6 is 0 Å². The number of likely N-dealkylation sites (N-methyl/N-ethyl adjacent to an activating group) is 1. The molecule has 0 saturated carbocycles. The van der Waals surface area contributed by atoms with Crippen LogP contribution in [0.25, 0.3) is 11.2 Å². The summed E-state index contributed by atoms with van der Waals surface area (Å²) < 4.78 is 7.12. The van der Waals surface area contributed by atoms with Crippen LogP contribution in [0.4, 0.5) is 5.95 Å². The van der Waals surface area contributed by atoms with E-state index in [0.29, 0.717) is 12.4 Å². The third kappa shape index (κ3) is 2.50. The molecule has 2 atom stereocenters. The van der Waals surface area contributed by atoms with Crippen LogP contribution in [0.5, 0.6) is 0 Å². The van der Waals surface area contributed by atoms with Crippen LogP contribution in [-0.2, 0) is 16.6 Å². The summed E-state index contributed by atoms with van der Waals surface area (Å²) in [4.78, 5) is 23.1. The molecule has 7 nitrogen and oxygen atoms in total. The number of likely N-dealkylation sites (tertiary alicyclic amines) is 1. The molecule has 1 aliphatic heterocycles. The number of fused-ring (bicyclic) bond motifs is 1. The van der Waals surface area contributed by atoms with Gasteiger partial charge in [0.25, 0.3) is 0 Å². The Bertz CT molecular complexity index is 668. The maximum atomic E-state index is 12.4. The van der Waals surface area contributed by atoms with Crippen LogP contribution < -0.4 is 5.32 Å². The van der Waals surface area contributed by atoms with Gasteiger partial charge < -0.3 is 4.74 Å². The van der Waals surface area contributed by atoms with Crippen LogP contribution in [-0.4, -0.2) is 58.2 Å². The number of hydrogen-bond acceptors (Lipinski definition) is 5. The summed E-state index contributed by atoms with van der Waals surface area (Å²) in [6, 6.07) is 3.51. The molecule has 1 amide bonds. The van der Waals surface area contributed by atoms with Crippen molar-refractivity contribution in [2.75, 3.05) is 26.0 Å². The van der Waals surface area contributed by atoms with Crippen molar-refractivity contribution in [1.82, 2.24) is 19.4 Å². The smallest absolute Gasteiger partial charge is 0.244 e. The van der Waals surface area contributed by atoms with Gasteiger partial charge in [0.05, 0.1) is 12.1 Å². The van der Waals surface area contributed by atoms with E-state index in [2.05, 4.69) is 15.3 Å². The van der Waals surface area contributed by atoms with Gasteiger partial charge in [-0.1, -0.05) is 0 Å². The first-order valence-electron chi connectivity index (χ1n) is 6.91. The first kappa shape index (κ1) is 14.0. The summed E-state index contributed by atoms with van der Waals surface area (Å²) in [6.07, 6.45) is 2.51. The molecule has 7 heteroatoms. The molecule has 112 valence electrons. The molecule has 1 saturated heterocycles. The summed E-state index contributed by atoms with van der Waals surface area (Å²) in [5.41, 5.74) is 1.52. The summed E-state index contributed by atoms with van der Waals surface area (Å²) >= 11 is 0. The molecule has 2 aromatic rings. The highest BCUT2D eigenvalue weighted by Crippen LogP contribution is 2.21. The predicted molar refractivity (Wildman–Crippen MR) is 79.0 cm³/mol. The van der Waals surface area contributed by atoms with Crippen molar-refractivity contribution in [1.29, 1.82) is 0 Å². The van der Waals surface area contributed by atoms with E-state index in [-0.39, 0.29) is 18.1 Å². The van der Waals surface area contributed by atoms with Crippen LogP contribution in [0.15, 0.2) is 18.3 Å². The molecule has 3 rings (SSSR count). The minimum Gasteiger partial charge on any atom is -0.380 e. The second-order valence-corrected chi connectivity index (χ2v) is 5.38. The number of aromatic nitrogens is 3. The lowest BCUT2D eigenvalue weighted by molar-refractivity contribution is -0.120. The van der Waals surface area contributed by atoms with Gasteiger partial charge in [-0.3, -0.25) is 19.6 Å². The lowest BCUT2D eigenvalue weighted by Gasteiger charge is -2.17. The lowest BCUT2D eigenvalue weighted by atomic mass is 10.2. The average Bonchev–Trinajstić information content (AvgIpc) is 3.01. The first-order valence-corrected chi connectivity index (χ1v) is 6.91. The van der Waals surface area contributed by atoms with Crippen molar-refractivity contribution in [2.45, 2.75) is 18.6 Å². The quantitative estimate of drug-likeness (QED) is 0.897. The van der Waals surface area contributed by atoms with E-state index in [1.807, 2.05) is 31.1 Å². The topological polar surface area (TPSA) is 72.3 Å². The molecule has 3 heterocycles. The second kappa shape index (κ2) is 5.42. The highest BCUT2D eigenvalue weighted by Gasteiger charge is 2.35. The van der Waals surface area contributed by atoms with Gasteiger partial charge in [-0.05, 0) is 25.6 Å². The zero-order valence-corrected chi connectivity index (χ0v) is 12.4. The fourth-order valence-corrected chi connectivity index (χ4v) is 2.76. The summed E-state index contributed by atoms with van der Waals surface area (Å²) in [5, 5.41) is 2.89. The number of carbonyl (C=O) groups is 1. The van der Waals surface area contributed by atoms with Crippen molar-refractivity contribution in [3.63, 3.8) is 0 Å². The Hall–Kier alpha value is -1.99. The Kier molecular flexibility index (Phi) is 3.60. The van der Waals surface area contributed by atoms with Crippen LogP contribution in [0, 0.1) is 0 Å². The van der Waals surface area contributed by atoms with Gasteiger partial charge in [0.1, 0.15) is 5.52 Å². The molecule has 0 aliphatic carbocycles. The van der Waals surface area contributed by atoms with Gasteiger partial charge >= 0.3 is 0 Å². The fourth-order valence-electron chi connectivity index (χ4n) is 2.76. The number of aryl methyl sites for hydroxylation is 1. The summed E-state index contributed by atoms with van der Waals surface area (Å²) in [7, 11) is 5.45. The van der Waals surface area contributed by atoms with E-state index in [9.17, 15) is 4.79 Å². The zero-order valence-electron chi connectivity index (χ0n) is 12.4. The fraction of sp³-hybridized carbons (Fsp3) is 0.500. The van der Waals surface area contributed by atoms with Gasteiger partial charge in [0.2, 0.25) is 11.9 Å². The third-order valence-corrected chi connectivity index (χ3v) is 4.01. The minimum absolute atomic E-state index is 0.0598. The van der Waals surface area contributed by atoms with Crippen molar-refractivity contribution >= 4 is 23.0 Å². The Morgan fingerprint density at radius 2 is 2.29 bits per heavy atom. The van der Waals surface area contributed by atoms with E-state index < -0.39 is 0 Å². The third-order valence-electron chi connectivity index (χ3n) is 4.01. The molecule has 0 bridgehead atoms. The maximum Gasteiger partial charge on any atom is 0.244 e. The molecule has 2 aromatic heterocycles. The van der Waals surface area contributed by atoms with Crippen molar-refractivity contribution in [3.05, 3.63) is 18.3 Å². The predicted octanol–water partition coefficient (Wildman–Crippen LogP) is 0.626. The van der Waals surface area contributed by atoms with Gasteiger partial charge in [-0.2, -0.15) is 0 Å². The van der Waals surface area contributed by atoms with E-state index >= 15 is 0 Å². The maximum absolute atomic E-state index is 12.4. The number of methoxy groups -OCH3 is 1. The molecule has 0 spiro atoms. The number of nitrogens with one attached hydrogen (secondary N) is 1. The minimum atomic E-state index is -0.192. The number of amides is 1. The first-order chi connectivity index (χ1) is 10.1. The Morgan fingerprint density at radius 1 is 1.48 bits per heavy atom. The number of carbonyl (C=O) groups excluding carboxylic acids is 1. The SMILES string of the molecule is CO[C@H]1C[C@@H](C(=O)Nc2nc3cccnc3n2C)N(C)C1. The van der Waals surface area contributed by atoms with E-state index in [0.717, 1.165) is 17.7 Å². The average molecular weight is 289 g/mol. The van der Waals surface area contributed by atoms with Crippen LogP contribution in [0.2, 0.25) is 0 Å². The lowest BCUT2D eigenvalue weighted by Crippen LogP contribution is -2.37. The molecule has 0 unspecified atom stereocenters. The van der Waals surface area contributed by atoms with Gasteiger partial charge in [0, 0.05) is 26.9 Å². The molecule has 21 heavy (non-hydrogen) atoms. The van der Waals surface area contributed by atoms with Crippen LogP contribution in [0.3, 0.4) is 0 Å². The Morgan fingerprint density at radius 3 is 2.95 bits per heavy atom. The molecular formula is C14H19N5O2. The molecule has 0 radical (unpaired) electrons. The number of pyridine rings is 1. The van der Waals surface area contributed by atoms with Gasteiger partial charge in [0.15, 0.2) is 5.65 Å². The normalized spacial score (nSPS) is 22.8. The molecule has 0 aromatic carbocycles. The van der Waals surface area contributed by atoms with Gasteiger partial charge in [-0.25, -0.2) is 9.97 Å². The largest absolute Gasteiger partial charge is 0.380 e. The highest BCUT2D eigenvalue weighted by atomic mass is 16.5. The van der Waals surface area contributed by atoms with E-state index in [1.54, 1.807) is 17.9 Å².